The standard InChI is InChI=1S/C12H22O4/c1-6-12(15-8-3,9-14-7-2)16-11(13)10(4)5/h4,6-9H2,1-3,5H3. The van der Waals surface area contributed by atoms with E-state index in [9.17, 15) is 4.79 Å². The van der Waals surface area contributed by atoms with E-state index in [-0.39, 0.29) is 6.61 Å². The zero-order valence-corrected chi connectivity index (χ0v) is 10.7. The van der Waals surface area contributed by atoms with Gasteiger partial charge in [-0.15, -0.1) is 0 Å². The van der Waals surface area contributed by atoms with Crippen molar-refractivity contribution in [1.29, 1.82) is 0 Å². The van der Waals surface area contributed by atoms with E-state index in [1.54, 1.807) is 6.92 Å². The van der Waals surface area contributed by atoms with Gasteiger partial charge >= 0.3 is 5.97 Å². The zero-order valence-electron chi connectivity index (χ0n) is 10.7. The van der Waals surface area contributed by atoms with E-state index in [0.717, 1.165) is 0 Å². The first kappa shape index (κ1) is 15.1. The van der Waals surface area contributed by atoms with Gasteiger partial charge in [0, 0.05) is 25.2 Å². The summed E-state index contributed by atoms with van der Waals surface area (Å²) in [6.45, 7) is 12.0. The van der Waals surface area contributed by atoms with Gasteiger partial charge in [-0.05, 0) is 20.8 Å². The Morgan fingerprint density at radius 3 is 2.25 bits per heavy atom. The molecule has 0 aromatic heterocycles. The second-order valence-electron chi connectivity index (χ2n) is 3.50. The van der Waals surface area contributed by atoms with Crippen LogP contribution in [0.1, 0.15) is 34.1 Å². The minimum absolute atomic E-state index is 0.243. The van der Waals surface area contributed by atoms with Crippen molar-refractivity contribution in [2.75, 3.05) is 19.8 Å². The van der Waals surface area contributed by atoms with E-state index >= 15 is 0 Å². The Morgan fingerprint density at radius 1 is 1.25 bits per heavy atom. The van der Waals surface area contributed by atoms with Crippen LogP contribution in [0.4, 0.5) is 0 Å². The second-order valence-corrected chi connectivity index (χ2v) is 3.50. The number of carbonyl (C=O) groups excluding carboxylic acids is 1. The van der Waals surface area contributed by atoms with Gasteiger partial charge in [0.25, 0.3) is 0 Å². The van der Waals surface area contributed by atoms with Crippen molar-refractivity contribution < 1.29 is 19.0 Å². The number of rotatable bonds is 8. The van der Waals surface area contributed by atoms with Crippen LogP contribution in [-0.2, 0) is 19.0 Å². The summed E-state index contributed by atoms with van der Waals surface area (Å²) in [4.78, 5) is 11.5. The van der Waals surface area contributed by atoms with Gasteiger partial charge < -0.3 is 14.2 Å². The third-order valence-electron chi connectivity index (χ3n) is 2.10. The maximum absolute atomic E-state index is 11.5. The molecule has 94 valence electrons. The molecule has 4 heteroatoms. The highest BCUT2D eigenvalue weighted by molar-refractivity contribution is 5.87. The third kappa shape index (κ3) is 4.77. The van der Waals surface area contributed by atoms with Crippen molar-refractivity contribution >= 4 is 5.97 Å². The molecule has 1 atom stereocenters. The Balaban J connectivity index is 4.60. The molecule has 0 aliphatic heterocycles. The molecule has 16 heavy (non-hydrogen) atoms. The van der Waals surface area contributed by atoms with E-state index in [1.807, 2.05) is 20.8 Å². The van der Waals surface area contributed by atoms with Crippen LogP contribution in [0.5, 0.6) is 0 Å². The van der Waals surface area contributed by atoms with Crippen LogP contribution in [0, 0.1) is 0 Å². The van der Waals surface area contributed by atoms with Crippen LogP contribution in [-0.4, -0.2) is 31.6 Å². The van der Waals surface area contributed by atoms with Crippen molar-refractivity contribution in [2.24, 2.45) is 0 Å². The van der Waals surface area contributed by atoms with Crippen LogP contribution in [0.3, 0.4) is 0 Å². The molecule has 0 rings (SSSR count). The number of hydrogen-bond acceptors (Lipinski definition) is 4. The molecule has 4 nitrogen and oxygen atoms in total. The average Bonchev–Trinajstić information content (AvgIpc) is 2.26. The topological polar surface area (TPSA) is 44.8 Å². The Labute approximate surface area is 97.6 Å². The molecular formula is C12H22O4. The first-order chi connectivity index (χ1) is 7.51. The monoisotopic (exact) mass is 230 g/mol. The predicted molar refractivity (Wildman–Crippen MR) is 62.0 cm³/mol. The first-order valence-electron chi connectivity index (χ1n) is 5.61. The quantitative estimate of drug-likeness (QED) is 0.364. The van der Waals surface area contributed by atoms with E-state index < -0.39 is 11.8 Å². The minimum atomic E-state index is -0.985. The fourth-order valence-electron chi connectivity index (χ4n) is 1.15. The first-order valence-corrected chi connectivity index (χ1v) is 5.61. The lowest BCUT2D eigenvalue weighted by Crippen LogP contribution is -2.42. The molecular weight excluding hydrogens is 208 g/mol. The van der Waals surface area contributed by atoms with Gasteiger partial charge in [-0.1, -0.05) is 13.5 Å². The van der Waals surface area contributed by atoms with Crippen molar-refractivity contribution in [1.82, 2.24) is 0 Å². The molecule has 0 heterocycles. The van der Waals surface area contributed by atoms with Gasteiger partial charge in [0.1, 0.15) is 6.61 Å². The number of hydrogen-bond donors (Lipinski definition) is 0. The highest BCUT2D eigenvalue weighted by Gasteiger charge is 2.33. The van der Waals surface area contributed by atoms with Crippen molar-refractivity contribution in [3.8, 4) is 0 Å². The Morgan fingerprint density at radius 2 is 1.88 bits per heavy atom. The van der Waals surface area contributed by atoms with Crippen LogP contribution in [0.15, 0.2) is 12.2 Å². The summed E-state index contributed by atoms with van der Waals surface area (Å²) < 4.78 is 16.1. The zero-order chi connectivity index (χ0) is 12.6. The average molecular weight is 230 g/mol. The molecule has 0 aromatic rings. The van der Waals surface area contributed by atoms with Gasteiger partial charge in [0.05, 0.1) is 0 Å². The molecule has 1 unspecified atom stereocenters. The number of esters is 1. The smallest absolute Gasteiger partial charge is 0.335 e. The third-order valence-corrected chi connectivity index (χ3v) is 2.10. The predicted octanol–water partition coefficient (Wildman–Crippen LogP) is 2.29. The normalized spacial score (nSPS) is 14.2. The van der Waals surface area contributed by atoms with E-state index in [4.69, 9.17) is 14.2 Å². The maximum atomic E-state index is 11.5. The molecule has 0 aliphatic rings. The molecule has 0 saturated carbocycles. The summed E-state index contributed by atoms with van der Waals surface area (Å²) in [6, 6.07) is 0. The molecule has 0 amide bonds. The highest BCUT2D eigenvalue weighted by Crippen LogP contribution is 2.20. The number of carbonyl (C=O) groups is 1. The molecule has 0 aliphatic carbocycles. The Hall–Kier alpha value is -0.870. The molecule has 0 spiro atoms. The van der Waals surface area contributed by atoms with Gasteiger partial charge in [0.15, 0.2) is 0 Å². The fourth-order valence-corrected chi connectivity index (χ4v) is 1.15. The number of ether oxygens (including phenoxy) is 3. The van der Waals surface area contributed by atoms with Crippen molar-refractivity contribution in [2.45, 2.75) is 39.9 Å². The van der Waals surface area contributed by atoms with E-state index in [2.05, 4.69) is 6.58 Å². The lowest BCUT2D eigenvalue weighted by Gasteiger charge is -2.31. The summed E-state index contributed by atoms with van der Waals surface area (Å²) in [6.07, 6.45) is 0.542. The summed E-state index contributed by atoms with van der Waals surface area (Å²) >= 11 is 0. The van der Waals surface area contributed by atoms with Crippen LogP contribution < -0.4 is 0 Å². The Kier molecular flexibility index (Phi) is 7.01. The van der Waals surface area contributed by atoms with Crippen LogP contribution in [0.2, 0.25) is 0 Å². The van der Waals surface area contributed by atoms with E-state index in [1.165, 1.54) is 0 Å². The summed E-state index contributed by atoms with van der Waals surface area (Å²) in [5.74, 6) is -1.43. The second kappa shape index (κ2) is 7.41. The summed E-state index contributed by atoms with van der Waals surface area (Å²) in [7, 11) is 0. The van der Waals surface area contributed by atoms with Gasteiger partial charge in [-0.2, -0.15) is 0 Å². The fraction of sp³-hybridized carbons (Fsp3) is 0.750. The molecule has 0 radical (unpaired) electrons. The Bertz CT molecular complexity index is 237. The SMILES string of the molecule is C=C(C)C(=O)OC(CC)(COCC)OCC. The van der Waals surface area contributed by atoms with Gasteiger partial charge in [0.2, 0.25) is 5.79 Å². The molecule has 0 N–H and O–H groups in total. The molecule has 0 bridgehead atoms. The van der Waals surface area contributed by atoms with Crippen molar-refractivity contribution in [3.63, 3.8) is 0 Å². The summed E-state index contributed by atoms with van der Waals surface area (Å²) in [5.41, 5.74) is 0.356. The van der Waals surface area contributed by atoms with Crippen molar-refractivity contribution in [3.05, 3.63) is 12.2 Å². The van der Waals surface area contributed by atoms with Crippen LogP contribution >= 0.6 is 0 Å². The lowest BCUT2D eigenvalue weighted by atomic mass is 10.2. The van der Waals surface area contributed by atoms with E-state index in [0.29, 0.717) is 25.2 Å². The minimum Gasteiger partial charge on any atom is -0.427 e. The highest BCUT2D eigenvalue weighted by atomic mass is 16.7. The molecule has 0 fully saturated rings. The summed E-state index contributed by atoms with van der Waals surface area (Å²) in [5, 5.41) is 0. The maximum Gasteiger partial charge on any atom is 0.335 e. The van der Waals surface area contributed by atoms with Crippen LogP contribution in [0.25, 0.3) is 0 Å². The van der Waals surface area contributed by atoms with Gasteiger partial charge in [-0.25, -0.2) is 4.79 Å². The lowest BCUT2D eigenvalue weighted by molar-refractivity contribution is -0.248. The molecule has 0 aromatic carbocycles. The largest absolute Gasteiger partial charge is 0.427 e. The van der Waals surface area contributed by atoms with Gasteiger partial charge in [-0.3, -0.25) is 0 Å². The molecule has 0 saturated heterocycles.